The fraction of sp³-hybridized carbons (Fsp3) is 0. The summed E-state index contributed by atoms with van der Waals surface area (Å²) in [5, 5.41) is 2.73. The lowest BCUT2D eigenvalue weighted by molar-refractivity contribution is 0.112. The average molecular weight is 248 g/mol. The third-order valence-electron chi connectivity index (χ3n) is 2.21. The third-order valence-corrected chi connectivity index (χ3v) is 2.21. The molecule has 0 saturated heterocycles. The highest BCUT2D eigenvalue weighted by atomic mass is 19.1. The molecule has 1 aromatic carbocycles. The molecule has 0 fully saturated rings. The molecule has 0 atom stereocenters. The van der Waals surface area contributed by atoms with Crippen LogP contribution in [0.4, 0.5) is 21.8 Å². The van der Waals surface area contributed by atoms with E-state index < -0.39 is 5.56 Å². The first-order valence-electron chi connectivity index (χ1n) is 4.97. The van der Waals surface area contributed by atoms with Crippen LogP contribution in [0.1, 0.15) is 10.4 Å². The van der Waals surface area contributed by atoms with Gasteiger partial charge in [0, 0.05) is 5.69 Å². The standard InChI is InChI=1S/C11H9FN4O2/c12-6-1-3-7(4-2-6)14-11-15-9(13)8(5-17)10(18)16-11/h1-5H,(H4,13,14,15,16,18). The molecule has 0 saturated carbocycles. The minimum atomic E-state index is -0.637. The molecule has 1 aromatic heterocycles. The Balaban J connectivity index is 2.33. The lowest BCUT2D eigenvalue weighted by atomic mass is 10.3. The largest absolute Gasteiger partial charge is 0.383 e. The van der Waals surface area contributed by atoms with Crippen LogP contribution in [-0.4, -0.2) is 16.3 Å². The highest BCUT2D eigenvalue weighted by Gasteiger charge is 2.07. The number of aldehydes is 1. The molecule has 2 rings (SSSR count). The van der Waals surface area contributed by atoms with Crippen LogP contribution in [0.15, 0.2) is 29.1 Å². The normalized spacial score (nSPS) is 10.1. The highest BCUT2D eigenvalue weighted by Crippen LogP contribution is 2.13. The maximum atomic E-state index is 12.7. The summed E-state index contributed by atoms with van der Waals surface area (Å²) >= 11 is 0. The van der Waals surface area contributed by atoms with E-state index in [4.69, 9.17) is 5.73 Å². The van der Waals surface area contributed by atoms with Gasteiger partial charge in [-0.1, -0.05) is 0 Å². The number of anilines is 3. The first-order valence-corrected chi connectivity index (χ1v) is 4.97. The van der Waals surface area contributed by atoms with E-state index in [1.54, 1.807) is 0 Å². The van der Waals surface area contributed by atoms with Crippen LogP contribution >= 0.6 is 0 Å². The van der Waals surface area contributed by atoms with Crippen molar-refractivity contribution in [2.24, 2.45) is 0 Å². The smallest absolute Gasteiger partial charge is 0.265 e. The van der Waals surface area contributed by atoms with Crippen LogP contribution in [0.2, 0.25) is 0 Å². The molecule has 0 aliphatic rings. The summed E-state index contributed by atoms with van der Waals surface area (Å²) in [7, 11) is 0. The monoisotopic (exact) mass is 248 g/mol. The second kappa shape index (κ2) is 4.66. The van der Waals surface area contributed by atoms with E-state index in [0.717, 1.165) is 0 Å². The number of nitrogens with two attached hydrogens (primary N) is 1. The number of rotatable bonds is 3. The van der Waals surface area contributed by atoms with E-state index in [9.17, 15) is 14.0 Å². The molecular formula is C11H9FN4O2. The third kappa shape index (κ3) is 2.34. The number of halogens is 1. The number of nitrogen functional groups attached to an aromatic ring is 1. The summed E-state index contributed by atoms with van der Waals surface area (Å²) in [6.07, 6.45) is 0.336. The van der Waals surface area contributed by atoms with Crippen molar-refractivity contribution in [3.05, 3.63) is 46.0 Å². The molecule has 0 radical (unpaired) electrons. The Morgan fingerprint density at radius 2 is 2.00 bits per heavy atom. The molecule has 0 aliphatic carbocycles. The number of hydrogen-bond donors (Lipinski definition) is 3. The van der Waals surface area contributed by atoms with E-state index in [-0.39, 0.29) is 23.1 Å². The quantitative estimate of drug-likeness (QED) is 0.705. The number of aromatic amines is 1. The minimum Gasteiger partial charge on any atom is -0.383 e. The van der Waals surface area contributed by atoms with Gasteiger partial charge >= 0.3 is 0 Å². The lowest BCUT2D eigenvalue weighted by Gasteiger charge is -2.06. The Hall–Kier alpha value is -2.70. The Kier molecular flexibility index (Phi) is 3.05. The Morgan fingerprint density at radius 1 is 1.33 bits per heavy atom. The second-order valence-electron chi connectivity index (χ2n) is 3.46. The van der Waals surface area contributed by atoms with Crippen molar-refractivity contribution in [1.29, 1.82) is 0 Å². The first-order chi connectivity index (χ1) is 8.60. The van der Waals surface area contributed by atoms with E-state index in [1.807, 2.05) is 0 Å². The number of H-pyrrole nitrogens is 1. The topological polar surface area (TPSA) is 101 Å². The predicted molar refractivity (Wildman–Crippen MR) is 64.3 cm³/mol. The van der Waals surface area contributed by atoms with Crippen molar-refractivity contribution in [1.82, 2.24) is 9.97 Å². The number of nitrogens with one attached hydrogen (secondary N) is 2. The van der Waals surface area contributed by atoms with Gasteiger partial charge in [0.2, 0.25) is 5.95 Å². The molecule has 0 spiro atoms. The van der Waals surface area contributed by atoms with Gasteiger partial charge in [-0.3, -0.25) is 14.6 Å². The molecule has 0 aliphatic heterocycles. The number of aromatic nitrogens is 2. The second-order valence-corrected chi connectivity index (χ2v) is 3.46. The highest BCUT2D eigenvalue weighted by molar-refractivity contribution is 5.81. The molecule has 6 nitrogen and oxygen atoms in total. The SMILES string of the molecule is Nc1nc(Nc2ccc(F)cc2)[nH]c(=O)c1C=O. The Bertz CT molecular complexity index is 636. The van der Waals surface area contributed by atoms with Crippen LogP contribution in [0, 0.1) is 5.82 Å². The molecule has 0 unspecified atom stereocenters. The number of benzene rings is 1. The molecule has 4 N–H and O–H groups in total. The zero-order chi connectivity index (χ0) is 13.1. The molecule has 2 aromatic rings. The fourth-order valence-corrected chi connectivity index (χ4v) is 1.34. The van der Waals surface area contributed by atoms with Crippen LogP contribution in [-0.2, 0) is 0 Å². The summed E-state index contributed by atoms with van der Waals surface area (Å²) < 4.78 is 12.7. The van der Waals surface area contributed by atoms with Crippen LogP contribution in [0.3, 0.4) is 0 Å². The van der Waals surface area contributed by atoms with Crippen molar-refractivity contribution in [3.63, 3.8) is 0 Å². The number of carbonyl (C=O) groups is 1. The van der Waals surface area contributed by atoms with E-state index in [0.29, 0.717) is 12.0 Å². The molecule has 7 heteroatoms. The molecule has 92 valence electrons. The van der Waals surface area contributed by atoms with Gasteiger partial charge in [0.1, 0.15) is 17.2 Å². The number of nitrogens with zero attached hydrogens (tertiary/aromatic N) is 1. The first kappa shape index (κ1) is 11.8. The van der Waals surface area contributed by atoms with Gasteiger partial charge < -0.3 is 11.1 Å². The van der Waals surface area contributed by atoms with Crippen molar-refractivity contribution < 1.29 is 9.18 Å². The van der Waals surface area contributed by atoms with E-state index in [2.05, 4.69) is 15.3 Å². The summed E-state index contributed by atoms with van der Waals surface area (Å²) in [5.41, 5.74) is 5.11. The van der Waals surface area contributed by atoms with Gasteiger partial charge in [0.25, 0.3) is 5.56 Å². The van der Waals surface area contributed by atoms with Crippen LogP contribution in [0.5, 0.6) is 0 Å². The molecular weight excluding hydrogens is 239 g/mol. The Morgan fingerprint density at radius 3 is 2.56 bits per heavy atom. The summed E-state index contributed by atoms with van der Waals surface area (Å²) in [6.45, 7) is 0. The van der Waals surface area contributed by atoms with Crippen LogP contribution < -0.4 is 16.6 Å². The van der Waals surface area contributed by atoms with Gasteiger partial charge in [0.15, 0.2) is 6.29 Å². The molecule has 18 heavy (non-hydrogen) atoms. The lowest BCUT2D eigenvalue weighted by Crippen LogP contribution is -2.18. The maximum Gasteiger partial charge on any atom is 0.265 e. The Labute approximate surface area is 101 Å². The zero-order valence-electron chi connectivity index (χ0n) is 9.11. The van der Waals surface area contributed by atoms with Crippen molar-refractivity contribution >= 4 is 23.7 Å². The van der Waals surface area contributed by atoms with Gasteiger partial charge in [-0.15, -0.1) is 0 Å². The van der Waals surface area contributed by atoms with Crippen molar-refractivity contribution in [2.75, 3.05) is 11.1 Å². The van der Waals surface area contributed by atoms with Gasteiger partial charge in [-0.25, -0.2) is 4.39 Å². The average Bonchev–Trinajstić information content (AvgIpc) is 2.32. The molecule has 0 amide bonds. The number of carbonyl (C=O) groups excluding carboxylic acids is 1. The fourth-order valence-electron chi connectivity index (χ4n) is 1.34. The zero-order valence-corrected chi connectivity index (χ0v) is 9.11. The predicted octanol–water partition coefficient (Wildman–Crippen LogP) is 1.05. The van der Waals surface area contributed by atoms with Gasteiger partial charge in [0.05, 0.1) is 0 Å². The van der Waals surface area contributed by atoms with Crippen molar-refractivity contribution in [2.45, 2.75) is 0 Å². The maximum absolute atomic E-state index is 12.7. The number of hydrogen-bond acceptors (Lipinski definition) is 5. The summed E-state index contributed by atoms with van der Waals surface area (Å²) in [5.74, 6) is -0.467. The van der Waals surface area contributed by atoms with Crippen molar-refractivity contribution in [3.8, 4) is 0 Å². The van der Waals surface area contributed by atoms with Gasteiger partial charge in [-0.2, -0.15) is 4.98 Å². The molecule has 0 bridgehead atoms. The van der Waals surface area contributed by atoms with Gasteiger partial charge in [-0.05, 0) is 24.3 Å². The summed E-state index contributed by atoms with van der Waals surface area (Å²) in [4.78, 5) is 28.1. The van der Waals surface area contributed by atoms with E-state index >= 15 is 0 Å². The van der Waals surface area contributed by atoms with E-state index in [1.165, 1.54) is 24.3 Å². The summed E-state index contributed by atoms with van der Waals surface area (Å²) in [6, 6.07) is 5.45. The minimum absolute atomic E-state index is 0.0784. The van der Waals surface area contributed by atoms with Crippen LogP contribution in [0.25, 0.3) is 0 Å². The molecule has 1 heterocycles.